The van der Waals surface area contributed by atoms with Gasteiger partial charge in [-0.2, -0.15) is 4.73 Å². The van der Waals surface area contributed by atoms with Gasteiger partial charge in [0, 0.05) is 31.1 Å². The summed E-state index contributed by atoms with van der Waals surface area (Å²) in [5, 5.41) is 21.9. The zero-order chi connectivity index (χ0) is 17.9. The number of ether oxygens (including phenoxy) is 1. The van der Waals surface area contributed by atoms with Crippen LogP contribution in [0.2, 0.25) is 0 Å². The van der Waals surface area contributed by atoms with E-state index < -0.39 is 5.60 Å². The SMILES string of the molecule is O=C(OC1C2CC3CC1CC(O)(C3)C2)N1CCC(c2cc[n+]([O-])cc2)C1. The minimum absolute atomic E-state index is 0.0190. The number of aromatic nitrogens is 1. The number of carbonyl (C=O) groups excluding carboxylic acids is 1. The first-order chi connectivity index (χ1) is 12.5. The number of amides is 1. The fourth-order valence-corrected chi connectivity index (χ4v) is 6.21. The van der Waals surface area contributed by atoms with Gasteiger partial charge in [0.05, 0.1) is 5.60 Å². The van der Waals surface area contributed by atoms with E-state index in [1.54, 1.807) is 0 Å². The molecule has 1 N–H and O–H groups in total. The van der Waals surface area contributed by atoms with Crippen LogP contribution < -0.4 is 4.73 Å². The average molecular weight is 358 g/mol. The molecule has 1 saturated heterocycles. The van der Waals surface area contributed by atoms with Gasteiger partial charge in [0.15, 0.2) is 12.4 Å². The van der Waals surface area contributed by atoms with Crippen LogP contribution in [0.3, 0.4) is 0 Å². The van der Waals surface area contributed by atoms with E-state index in [0.717, 1.165) is 48.8 Å². The summed E-state index contributed by atoms with van der Waals surface area (Å²) < 4.78 is 6.76. The van der Waals surface area contributed by atoms with Crippen molar-refractivity contribution in [3.05, 3.63) is 35.3 Å². The normalized spacial score (nSPS) is 40.8. The van der Waals surface area contributed by atoms with Crippen molar-refractivity contribution in [2.45, 2.75) is 56.1 Å². The molecular formula is C20H26N2O4. The second-order valence-electron chi connectivity index (χ2n) is 8.97. The molecule has 4 bridgehead atoms. The largest absolute Gasteiger partial charge is 0.619 e. The summed E-state index contributed by atoms with van der Waals surface area (Å²) in [5.41, 5.74) is 0.605. The smallest absolute Gasteiger partial charge is 0.410 e. The summed E-state index contributed by atoms with van der Waals surface area (Å²) in [4.78, 5) is 14.5. The van der Waals surface area contributed by atoms with Crippen molar-refractivity contribution in [2.24, 2.45) is 17.8 Å². The Labute approximate surface area is 153 Å². The summed E-state index contributed by atoms with van der Waals surface area (Å²) in [5.74, 6) is 1.54. The predicted octanol–water partition coefficient (Wildman–Crippen LogP) is 2.19. The fraction of sp³-hybridized carbons (Fsp3) is 0.700. The molecule has 3 atom stereocenters. The van der Waals surface area contributed by atoms with E-state index in [1.165, 1.54) is 12.4 Å². The highest BCUT2D eigenvalue weighted by atomic mass is 16.6. The summed E-state index contributed by atoms with van der Waals surface area (Å²) >= 11 is 0. The van der Waals surface area contributed by atoms with Gasteiger partial charge in [0.25, 0.3) is 0 Å². The lowest BCUT2D eigenvalue weighted by Crippen LogP contribution is -2.58. The third-order valence-corrected chi connectivity index (χ3v) is 7.14. The Morgan fingerprint density at radius 1 is 1.23 bits per heavy atom. The Hall–Kier alpha value is -1.82. The third-order valence-electron chi connectivity index (χ3n) is 7.14. The zero-order valence-corrected chi connectivity index (χ0v) is 14.9. The van der Waals surface area contributed by atoms with E-state index in [-0.39, 0.29) is 18.1 Å². The van der Waals surface area contributed by atoms with Crippen LogP contribution in [0.4, 0.5) is 4.79 Å². The first kappa shape index (κ1) is 16.4. The molecule has 140 valence electrons. The minimum atomic E-state index is -0.496. The van der Waals surface area contributed by atoms with Crippen molar-refractivity contribution in [3.8, 4) is 0 Å². The van der Waals surface area contributed by atoms with Gasteiger partial charge in [0.2, 0.25) is 0 Å². The van der Waals surface area contributed by atoms with E-state index in [0.29, 0.717) is 30.8 Å². The number of rotatable bonds is 2. The first-order valence-electron chi connectivity index (χ1n) is 9.86. The number of likely N-dealkylation sites (tertiary alicyclic amines) is 1. The maximum Gasteiger partial charge on any atom is 0.410 e. The van der Waals surface area contributed by atoms with Crippen molar-refractivity contribution < 1.29 is 19.4 Å². The number of pyridine rings is 1. The maximum absolute atomic E-state index is 12.7. The number of nitrogens with zero attached hydrogens (tertiary/aromatic N) is 2. The van der Waals surface area contributed by atoms with Gasteiger partial charge in [-0.25, -0.2) is 4.79 Å². The summed E-state index contributed by atoms with van der Waals surface area (Å²) in [6, 6.07) is 3.68. The predicted molar refractivity (Wildman–Crippen MR) is 93.1 cm³/mol. The topological polar surface area (TPSA) is 76.7 Å². The summed E-state index contributed by atoms with van der Waals surface area (Å²) in [6.07, 6.45) is 8.41. The van der Waals surface area contributed by atoms with E-state index in [4.69, 9.17) is 4.74 Å². The zero-order valence-electron chi connectivity index (χ0n) is 14.9. The van der Waals surface area contributed by atoms with Crippen molar-refractivity contribution in [2.75, 3.05) is 13.1 Å². The van der Waals surface area contributed by atoms with Crippen molar-refractivity contribution in [3.63, 3.8) is 0 Å². The molecule has 4 aliphatic carbocycles. The molecule has 6 rings (SSSR count). The van der Waals surface area contributed by atoms with Crippen molar-refractivity contribution in [1.82, 2.24) is 4.90 Å². The molecule has 6 heteroatoms. The van der Waals surface area contributed by atoms with E-state index in [1.807, 2.05) is 17.0 Å². The monoisotopic (exact) mass is 358 g/mol. The number of hydrogen-bond acceptors (Lipinski definition) is 4. The molecule has 1 aliphatic heterocycles. The minimum Gasteiger partial charge on any atom is -0.619 e. The Kier molecular flexibility index (Phi) is 3.68. The summed E-state index contributed by atoms with van der Waals surface area (Å²) in [6.45, 7) is 1.35. The molecule has 1 amide bonds. The highest BCUT2D eigenvalue weighted by Crippen LogP contribution is 2.56. The Balaban J connectivity index is 1.22. The molecule has 0 aromatic carbocycles. The van der Waals surface area contributed by atoms with Gasteiger partial charge in [0.1, 0.15) is 6.10 Å². The second kappa shape index (κ2) is 5.84. The molecule has 4 saturated carbocycles. The van der Waals surface area contributed by atoms with Gasteiger partial charge in [-0.15, -0.1) is 0 Å². The van der Waals surface area contributed by atoms with Crippen LogP contribution in [-0.2, 0) is 4.74 Å². The quantitative estimate of drug-likeness (QED) is 0.649. The van der Waals surface area contributed by atoms with Crippen molar-refractivity contribution >= 4 is 6.09 Å². The van der Waals surface area contributed by atoms with E-state index >= 15 is 0 Å². The van der Waals surface area contributed by atoms with E-state index in [9.17, 15) is 15.1 Å². The number of aliphatic hydroxyl groups is 1. The Morgan fingerprint density at radius 2 is 1.92 bits per heavy atom. The van der Waals surface area contributed by atoms with Gasteiger partial charge in [-0.3, -0.25) is 0 Å². The van der Waals surface area contributed by atoms with Crippen LogP contribution in [-0.4, -0.2) is 40.9 Å². The van der Waals surface area contributed by atoms with Crippen LogP contribution in [0.25, 0.3) is 0 Å². The molecular weight excluding hydrogens is 332 g/mol. The molecule has 6 nitrogen and oxygen atoms in total. The Morgan fingerprint density at radius 3 is 2.58 bits per heavy atom. The van der Waals surface area contributed by atoms with Gasteiger partial charge in [-0.1, -0.05) is 0 Å². The third kappa shape index (κ3) is 2.75. The summed E-state index contributed by atoms with van der Waals surface area (Å²) in [7, 11) is 0. The molecule has 1 aromatic heterocycles. The fourth-order valence-electron chi connectivity index (χ4n) is 6.21. The molecule has 0 radical (unpaired) electrons. The average Bonchev–Trinajstić information content (AvgIpc) is 3.07. The lowest BCUT2D eigenvalue weighted by molar-refractivity contribution is -0.605. The van der Waals surface area contributed by atoms with E-state index in [2.05, 4.69) is 0 Å². The van der Waals surface area contributed by atoms with Crippen molar-refractivity contribution in [1.29, 1.82) is 0 Å². The Bertz CT molecular complexity index is 690. The van der Waals surface area contributed by atoms with Crippen LogP contribution in [0.1, 0.15) is 50.0 Å². The maximum atomic E-state index is 12.7. The molecule has 5 aliphatic rings. The molecule has 1 aromatic rings. The highest BCUT2D eigenvalue weighted by molar-refractivity contribution is 5.68. The molecule has 26 heavy (non-hydrogen) atoms. The van der Waals surface area contributed by atoms with Gasteiger partial charge < -0.3 is 20.0 Å². The molecule has 5 fully saturated rings. The molecule has 3 unspecified atom stereocenters. The van der Waals surface area contributed by atoms with Crippen LogP contribution in [0.5, 0.6) is 0 Å². The van der Waals surface area contributed by atoms with Gasteiger partial charge in [-0.05, 0) is 61.8 Å². The van der Waals surface area contributed by atoms with Crippen LogP contribution in [0.15, 0.2) is 24.5 Å². The van der Waals surface area contributed by atoms with Crippen LogP contribution >= 0.6 is 0 Å². The first-order valence-corrected chi connectivity index (χ1v) is 9.86. The molecule has 0 spiro atoms. The van der Waals surface area contributed by atoms with Crippen LogP contribution in [0, 0.1) is 23.0 Å². The lowest BCUT2D eigenvalue weighted by Gasteiger charge is -2.57. The second-order valence-corrected chi connectivity index (χ2v) is 8.97. The molecule has 2 heterocycles. The number of carbonyl (C=O) groups is 1. The highest BCUT2D eigenvalue weighted by Gasteiger charge is 2.56. The number of hydrogen-bond donors (Lipinski definition) is 1. The lowest BCUT2D eigenvalue weighted by atomic mass is 9.53. The standard InChI is InChI=1S/C20H26N2O4/c23-19(21-4-1-15(12-21)14-2-5-22(25)6-3-14)26-18-16-7-13-8-17(18)11-20(24,9-13)10-16/h2-3,5-6,13,15-18,24H,1,4,7-12H2. The van der Waals surface area contributed by atoms with Gasteiger partial charge >= 0.3 is 6.09 Å².